The Hall–Kier alpha value is -1.68. The van der Waals surface area contributed by atoms with Crippen LogP contribution in [0, 0.1) is 6.92 Å². The Bertz CT molecular complexity index is 613. The summed E-state index contributed by atoms with van der Waals surface area (Å²) in [5, 5.41) is 3.53. The Kier molecular flexibility index (Phi) is 2.90. The van der Waals surface area contributed by atoms with Crippen molar-refractivity contribution in [3.8, 4) is 0 Å². The first kappa shape index (κ1) is 12.4. The molecule has 1 aromatic carbocycles. The third-order valence-electron chi connectivity index (χ3n) is 4.04. The summed E-state index contributed by atoms with van der Waals surface area (Å²) in [6.07, 6.45) is 1.17. The SMILES string of the molecule is Cc1nc2ccccc2nc1NC1(C)CCOC1C. The molecule has 3 rings (SSSR count). The lowest BCUT2D eigenvalue weighted by atomic mass is 9.94. The molecule has 0 aliphatic carbocycles. The highest BCUT2D eigenvalue weighted by Crippen LogP contribution is 2.30. The zero-order chi connectivity index (χ0) is 13.5. The molecule has 1 aliphatic rings. The zero-order valence-electron chi connectivity index (χ0n) is 11.6. The van der Waals surface area contributed by atoms with Crippen molar-refractivity contribution in [2.75, 3.05) is 11.9 Å². The van der Waals surface area contributed by atoms with Gasteiger partial charge < -0.3 is 10.1 Å². The van der Waals surface area contributed by atoms with Crippen molar-refractivity contribution in [2.45, 2.75) is 38.8 Å². The van der Waals surface area contributed by atoms with E-state index in [1.165, 1.54) is 0 Å². The summed E-state index contributed by atoms with van der Waals surface area (Å²) in [6.45, 7) is 7.07. The van der Waals surface area contributed by atoms with E-state index in [9.17, 15) is 0 Å². The number of aromatic nitrogens is 2. The van der Waals surface area contributed by atoms with Crippen LogP contribution >= 0.6 is 0 Å². The molecular formula is C15H19N3O. The molecule has 2 heterocycles. The van der Waals surface area contributed by atoms with Gasteiger partial charge in [-0.15, -0.1) is 0 Å². The summed E-state index contributed by atoms with van der Waals surface area (Å²) < 4.78 is 5.66. The molecule has 0 bridgehead atoms. The molecule has 0 spiro atoms. The average Bonchev–Trinajstić information content (AvgIpc) is 2.70. The molecule has 0 saturated carbocycles. The minimum atomic E-state index is -0.0676. The average molecular weight is 257 g/mol. The highest BCUT2D eigenvalue weighted by atomic mass is 16.5. The maximum atomic E-state index is 5.66. The van der Waals surface area contributed by atoms with E-state index in [1.54, 1.807) is 0 Å². The van der Waals surface area contributed by atoms with E-state index in [2.05, 4.69) is 29.1 Å². The number of nitrogens with zero attached hydrogens (tertiary/aromatic N) is 2. The fourth-order valence-electron chi connectivity index (χ4n) is 2.48. The van der Waals surface area contributed by atoms with Crippen LogP contribution in [-0.4, -0.2) is 28.2 Å². The summed E-state index contributed by atoms with van der Waals surface area (Å²) in [7, 11) is 0. The van der Waals surface area contributed by atoms with Crippen LogP contribution in [0.1, 0.15) is 26.0 Å². The van der Waals surface area contributed by atoms with E-state index in [0.717, 1.165) is 35.6 Å². The number of benzene rings is 1. The molecule has 2 unspecified atom stereocenters. The number of rotatable bonds is 2. The van der Waals surface area contributed by atoms with Crippen molar-refractivity contribution in [1.29, 1.82) is 0 Å². The Morgan fingerprint density at radius 2 is 1.95 bits per heavy atom. The molecule has 4 nitrogen and oxygen atoms in total. The molecule has 4 heteroatoms. The molecule has 1 fully saturated rings. The maximum absolute atomic E-state index is 5.66. The molecule has 1 saturated heterocycles. The fourth-order valence-corrected chi connectivity index (χ4v) is 2.48. The van der Waals surface area contributed by atoms with Gasteiger partial charge in [0.1, 0.15) is 5.82 Å². The monoisotopic (exact) mass is 257 g/mol. The van der Waals surface area contributed by atoms with E-state index in [-0.39, 0.29) is 11.6 Å². The smallest absolute Gasteiger partial charge is 0.148 e. The van der Waals surface area contributed by atoms with Gasteiger partial charge >= 0.3 is 0 Å². The van der Waals surface area contributed by atoms with Crippen molar-refractivity contribution in [3.05, 3.63) is 30.0 Å². The topological polar surface area (TPSA) is 47.0 Å². The maximum Gasteiger partial charge on any atom is 0.148 e. The number of hydrogen-bond acceptors (Lipinski definition) is 4. The van der Waals surface area contributed by atoms with Crippen LogP contribution in [0.2, 0.25) is 0 Å². The molecule has 2 aromatic rings. The summed E-state index contributed by atoms with van der Waals surface area (Å²) in [6, 6.07) is 7.95. The van der Waals surface area contributed by atoms with Crippen LogP contribution in [-0.2, 0) is 4.74 Å². The molecule has 1 aromatic heterocycles. The molecule has 1 aliphatic heterocycles. The molecular weight excluding hydrogens is 238 g/mol. The molecule has 100 valence electrons. The lowest BCUT2D eigenvalue weighted by Gasteiger charge is -2.30. The van der Waals surface area contributed by atoms with Gasteiger partial charge in [0.05, 0.1) is 28.4 Å². The predicted molar refractivity (Wildman–Crippen MR) is 76.3 cm³/mol. The van der Waals surface area contributed by atoms with Crippen LogP contribution in [0.15, 0.2) is 24.3 Å². The summed E-state index contributed by atoms with van der Waals surface area (Å²) >= 11 is 0. The number of hydrogen-bond donors (Lipinski definition) is 1. The highest BCUT2D eigenvalue weighted by molar-refractivity contribution is 5.76. The first-order valence-corrected chi connectivity index (χ1v) is 6.72. The summed E-state index contributed by atoms with van der Waals surface area (Å²) in [5.74, 6) is 0.860. The van der Waals surface area contributed by atoms with Crippen LogP contribution in [0.5, 0.6) is 0 Å². The largest absolute Gasteiger partial charge is 0.376 e. The van der Waals surface area contributed by atoms with Crippen molar-refractivity contribution in [1.82, 2.24) is 9.97 Å². The van der Waals surface area contributed by atoms with Gasteiger partial charge in [-0.05, 0) is 39.3 Å². The number of anilines is 1. The van der Waals surface area contributed by atoms with E-state index in [4.69, 9.17) is 4.74 Å². The predicted octanol–water partition coefficient (Wildman–Crippen LogP) is 2.92. The molecule has 0 radical (unpaired) electrons. The van der Waals surface area contributed by atoms with Gasteiger partial charge in [0.2, 0.25) is 0 Å². The second-order valence-corrected chi connectivity index (χ2v) is 5.45. The Morgan fingerprint density at radius 1 is 1.26 bits per heavy atom. The third kappa shape index (κ3) is 2.16. The number of ether oxygens (including phenoxy) is 1. The number of nitrogens with one attached hydrogen (secondary N) is 1. The van der Waals surface area contributed by atoms with Gasteiger partial charge in [-0.1, -0.05) is 12.1 Å². The van der Waals surface area contributed by atoms with E-state index in [0.29, 0.717) is 0 Å². The van der Waals surface area contributed by atoms with Gasteiger partial charge in [-0.25, -0.2) is 9.97 Å². The van der Waals surface area contributed by atoms with Gasteiger partial charge in [0.25, 0.3) is 0 Å². The van der Waals surface area contributed by atoms with Gasteiger partial charge in [-0.3, -0.25) is 0 Å². The van der Waals surface area contributed by atoms with E-state index in [1.807, 2.05) is 31.2 Å². The van der Waals surface area contributed by atoms with Gasteiger partial charge in [0.15, 0.2) is 0 Å². The lowest BCUT2D eigenvalue weighted by Crippen LogP contribution is -2.41. The van der Waals surface area contributed by atoms with Crippen molar-refractivity contribution < 1.29 is 4.74 Å². The molecule has 2 atom stereocenters. The normalized spacial score (nSPS) is 26.8. The van der Waals surface area contributed by atoms with Crippen molar-refractivity contribution in [2.24, 2.45) is 0 Å². The Morgan fingerprint density at radius 3 is 2.58 bits per heavy atom. The van der Waals surface area contributed by atoms with E-state index >= 15 is 0 Å². The number of para-hydroxylation sites is 2. The first-order chi connectivity index (χ1) is 9.08. The lowest BCUT2D eigenvalue weighted by molar-refractivity contribution is 0.105. The van der Waals surface area contributed by atoms with Crippen molar-refractivity contribution in [3.63, 3.8) is 0 Å². The summed E-state index contributed by atoms with van der Waals surface area (Å²) in [5.41, 5.74) is 2.72. The van der Waals surface area contributed by atoms with E-state index < -0.39 is 0 Å². The van der Waals surface area contributed by atoms with Crippen LogP contribution < -0.4 is 5.32 Å². The highest BCUT2D eigenvalue weighted by Gasteiger charge is 2.37. The number of aryl methyl sites for hydroxylation is 1. The summed E-state index contributed by atoms with van der Waals surface area (Å²) in [4.78, 5) is 9.30. The second kappa shape index (κ2) is 4.46. The molecule has 1 N–H and O–H groups in total. The van der Waals surface area contributed by atoms with Gasteiger partial charge in [-0.2, -0.15) is 0 Å². The fraction of sp³-hybridized carbons (Fsp3) is 0.467. The molecule has 19 heavy (non-hydrogen) atoms. The van der Waals surface area contributed by atoms with Crippen LogP contribution in [0.3, 0.4) is 0 Å². The first-order valence-electron chi connectivity index (χ1n) is 6.72. The van der Waals surface area contributed by atoms with Crippen molar-refractivity contribution >= 4 is 16.9 Å². The Labute approximate surface area is 113 Å². The standard InChI is InChI=1S/C15H19N3O/c1-10-14(18-15(3)8-9-19-11(15)2)17-13-7-5-4-6-12(13)16-10/h4-7,11H,8-9H2,1-3H3,(H,17,18). The minimum absolute atomic E-state index is 0.0676. The minimum Gasteiger partial charge on any atom is -0.376 e. The quantitative estimate of drug-likeness (QED) is 0.898. The third-order valence-corrected chi connectivity index (χ3v) is 4.04. The van der Waals surface area contributed by atoms with Crippen LogP contribution in [0.4, 0.5) is 5.82 Å². The zero-order valence-corrected chi connectivity index (χ0v) is 11.6. The van der Waals surface area contributed by atoms with Crippen LogP contribution in [0.25, 0.3) is 11.0 Å². The van der Waals surface area contributed by atoms with Gasteiger partial charge in [0, 0.05) is 6.61 Å². The second-order valence-electron chi connectivity index (χ2n) is 5.45. The Balaban J connectivity index is 1.98. The number of fused-ring (bicyclic) bond motifs is 1. The molecule has 0 amide bonds.